The first-order chi connectivity index (χ1) is 12.5. The van der Waals surface area contributed by atoms with Gasteiger partial charge in [-0.2, -0.15) is 0 Å². The number of amides is 1. The van der Waals surface area contributed by atoms with Crippen LogP contribution in [-0.4, -0.2) is 28.3 Å². The molecule has 0 saturated carbocycles. The number of aliphatic carboxylic acids is 1. The van der Waals surface area contributed by atoms with E-state index in [2.05, 4.69) is 5.32 Å². The normalized spacial score (nSPS) is 12.7. The van der Waals surface area contributed by atoms with Crippen LogP contribution in [0.15, 0.2) is 60.7 Å². The average Bonchev–Trinajstić information content (AvgIpc) is 2.65. The number of ether oxygens (including phenoxy) is 1. The molecule has 0 aliphatic carbocycles. The molecule has 6 nitrogen and oxygen atoms in total. The van der Waals surface area contributed by atoms with Crippen molar-refractivity contribution in [1.29, 1.82) is 0 Å². The first kappa shape index (κ1) is 19.5. The standard InChI is InChI=1S/C19H19NO5S/c1-13(20-19(24)25-12-14-8-4-2-5-9-14)18(23)26-16(17(21)22)15-10-6-3-7-11-15/h2-11,13,16H,12H2,1H3,(H,20,24)(H,21,22)/t13-,16?/m0/s1. The molecular formula is C19H19NO5S. The molecule has 2 aromatic carbocycles. The quantitative estimate of drug-likeness (QED) is 0.773. The molecule has 0 radical (unpaired) electrons. The van der Waals surface area contributed by atoms with Gasteiger partial charge >= 0.3 is 12.1 Å². The smallest absolute Gasteiger partial charge is 0.408 e. The van der Waals surface area contributed by atoms with Crippen LogP contribution in [0.4, 0.5) is 4.79 Å². The summed E-state index contributed by atoms with van der Waals surface area (Å²) in [5.74, 6) is -1.12. The van der Waals surface area contributed by atoms with Gasteiger partial charge in [-0.25, -0.2) is 4.79 Å². The zero-order chi connectivity index (χ0) is 18.9. The molecule has 2 N–H and O–H groups in total. The Morgan fingerprint density at radius 3 is 2.19 bits per heavy atom. The van der Waals surface area contributed by atoms with E-state index in [9.17, 15) is 19.5 Å². The lowest BCUT2D eigenvalue weighted by molar-refractivity contribution is -0.136. The van der Waals surface area contributed by atoms with E-state index in [1.807, 2.05) is 30.3 Å². The zero-order valence-electron chi connectivity index (χ0n) is 14.1. The Morgan fingerprint density at radius 1 is 1.04 bits per heavy atom. The van der Waals surface area contributed by atoms with Crippen LogP contribution in [-0.2, 0) is 20.9 Å². The fourth-order valence-electron chi connectivity index (χ4n) is 2.11. The Bertz CT molecular complexity index is 751. The fourth-order valence-corrected chi connectivity index (χ4v) is 3.00. The molecule has 0 spiro atoms. The molecule has 2 aromatic rings. The van der Waals surface area contributed by atoms with E-state index in [0.29, 0.717) is 17.3 Å². The maximum absolute atomic E-state index is 12.3. The Morgan fingerprint density at radius 2 is 1.62 bits per heavy atom. The van der Waals surface area contributed by atoms with Crippen molar-refractivity contribution in [3.8, 4) is 0 Å². The van der Waals surface area contributed by atoms with Gasteiger partial charge in [0.2, 0.25) is 5.12 Å². The summed E-state index contributed by atoms with van der Waals surface area (Å²) in [4.78, 5) is 35.5. The molecule has 0 aliphatic heterocycles. The highest BCUT2D eigenvalue weighted by Crippen LogP contribution is 2.30. The highest BCUT2D eigenvalue weighted by Gasteiger charge is 2.27. The Hall–Kier alpha value is -2.80. The van der Waals surface area contributed by atoms with E-state index in [-0.39, 0.29) is 6.61 Å². The van der Waals surface area contributed by atoms with E-state index < -0.39 is 28.5 Å². The number of thioether (sulfide) groups is 1. The van der Waals surface area contributed by atoms with E-state index in [4.69, 9.17) is 4.74 Å². The number of alkyl carbamates (subject to hydrolysis) is 1. The van der Waals surface area contributed by atoms with Crippen molar-refractivity contribution < 1.29 is 24.2 Å². The van der Waals surface area contributed by atoms with Gasteiger partial charge in [-0.3, -0.25) is 9.59 Å². The van der Waals surface area contributed by atoms with Gasteiger partial charge in [-0.05, 0) is 18.1 Å². The summed E-state index contributed by atoms with van der Waals surface area (Å²) in [6.07, 6.45) is -0.734. The number of benzene rings is 2. The highest BCUT2D eigenvalue weighted by molar-refractivity contribution is 8.14. The number of hydrogen-bond donors (Lipinski definition) is 2. The largest absolute Gasteiger partial charge is 0.480 e. The number of carbonyl (C=O) groups is 3. The summed E-state index contributed by atoms with van der Waals surface area (Å²) in [7, 11) is 0. The summed E-state index contributed by atoms with van der Waals surface area (Å²) in [5, 5.41) is 10.3. The third-order valence-electron chi connectivity index (χ3n) is 3.46. The van der Waals surface area contributed by atoms with E-state index >= 15 is 0 Å². The molecule has 1 amide bonds. The second kappa shape index (κ2) is 9.62. The number of rotatable bonds is 7. The highest BCUT2D eigenvalue weighted by atomic mass is 32.2. The van der Waals surface area contributed by atoms with Gasteiger partial charge in [0.25, 0.3) is 0 Å². The lowest BCUT2D eigenvalue weighted by Crippen LogP contribution is -2.38. The van der Waals surface area contributed by atoms with Crippen molar-refractivity contribution >= 4 is 28.9 Å². The summed E-state index contributed by atoms with van der Waals surface area (Å²) in [5.41, 5.74) is 1.34. The van der Waals surface area contributed by atoms with Gasteiger partial charge in [0, 0.05) is 0 Å². The van der Waals surface area contributed by atoms with Crippen LogP contribution in [0.25, 0.3) is 0 Å². The minimum Gasteiger partial charge on any atom is -0.480 e. The van der Waals surface area contributed by atoms with Crippen LogP contribution in [0, 0.1) is 0 Å². The van der Waals surface area contributed by atoms with Crippen LogP contribution >= 0.6 is 11.8 Å². The molecule has 0 heterocycles. The van der Waals surface area contributed by atoms with Crippen LogP contribution in [0.5, 0.6) is 0 Å². The molecule has 7 heteroatoms. The van der Waals surface area contributed by atoms with Crippen molar-refractivity contribution in [3.05, 3.63) is 71.8 Å². The first-order valence-electron chi connectivity index (χ1n) is 7.93. The third-order valence-corrected chi connectivity index (χ3v) is 4.76. The lowest BCUT2D eigenvalue weighted by Gasteiger charge is -2.16. The van der Waals surface area contributed by atoms with Crippen molar-refractivity contribution in [3.63, 3.8) is 0 Å². The predicted molar refractivity (Wildman–Crippen MR) is 98.6 cm³/mol. The molecule has 0 aliphatic rings. The number of carboxylic acid groups (broad SMARTS) is 1. The average molecular weight is 373 g/mol. The molecule has 0 saturated heterocycles. The second-order valence-corrected chi connectivity index (χ2v) is 6.60. The van der Waals surface area contributed by atoms with Crippen LogP contribution in [0.1, 0.15) is 23.3 Å². The minimum atomic E-state index is -1.12. The van der Waals surface area contributed by atoms with Crippen molar-refractivity contribution in [1.82, 2.24) is 5.32 Å². The Balaban J connectivity index is 1.87. The molecule has 0 fully saturated rings. The molecule has 2 rings (SSSR count). The van der Waals surface area contributed by atoms with Crippen molar-refractivity contribution in [2.45, 2.75) is 24.8 Å². The number of carbonyl (C=O) groups excluding carboxylic acids is 2. The molecule has 136 valence electrons. The van der Waals surface area contributed by atoms with Gasteiger partial charge in [0.1, 0.15) is 11.9 Å². The van der Waals surface area contributed by atoms with Gasteiger partial charge in [0.15, 0.2) is 0 Å². The van der Waals surface area contributed by atoms with E-state index in [1.54, 1.807) is 30.3 Å². The maximum Gasteiger partial charge on any atom is 0.408 e. The molecule has 2 atom stereocenters. The fraction of sp³-hybridized carbons (Fsp3) is 0.211. The zero-order valence-corrected chi connectivity index (χ0v) is 14.9. The third kappa shape index (κ3) is 5.93. The van der Waals surface area contributed by atoms with Crippen molar-refractivity contribution in [2.24, 2.45) is 0 Å². The SMILES string of the molecule is C[C@H](NC(=O)OCc1ccccc1)C(=O)SC(C(=O)O)c1ccccc1. The number of carboxylic acids is 1. The van der Waals surface area contributed by atoms with Crippen LogP contribution in [0.2, 0.25) is 0 Å². The summed E-state index contributed by atoms with van der Waals surface area (Å²) in [6.45, 7) is 1.57. The lowest BCUT2D eigenvalue weighted by atomic mass is 10.1. The first-order valence-corrected chi connectivity index (χ1v) is 8.81. The summed E-state index contributed by atoms with van der Waals surface area (Å²) < 4.78 is 5.06. The van der Waals surface area contributed by atoms with Crippen LogP contribution in [0.3, 0.4) is 0 Å². The van der Waals surface area contributed by atoms with Gasteiger partial charge in [0.05, 0.1) is 6.04 Å². The number of nitrogens with one attached hydrogen (secondary N) is 1. The monoisotopic (exact) mass is 373 g/mol. The second-order valence-electron chi connectivity index (χ2n) is 5.49. The van der Waals surface area contributed by atoms with Crippen molar-refractivity contribution in [2.75, 3.05) is 0 Å². The van der Waals surface area contributed by atoms with E-state index in [0.717, 1.165) is 5.56 Å². The molecule has 26 heavy (non-hydrogen) atoms. The van der Waals surface area contributed by atoms with Crippen LogP contribution < -0.4 is 5.32 Å². The molecule has 1 unspecified atom stereocenters. The van der Waals surface area contributed by atoms with E-state index in [1.165, 1.54) is 6.92 Å². The maximum atomic E-state index is 12.3. The topological polar surface area (TPSA) is 92.7 Å². The summed E-state index contributed by atoms with van der Waals surface area (Å²) in [6, 6.07) is 16.7. The Kier molecular flexibility index (Phi) is 7.23. The van der Waals surface area contributed by atoms with Gasteiger partial charge in [-0.1, -0.05) is 72.4 Å². The molecule has 0 aromatic heterocycles. The number of hydrogen-bond acceptors (Lipinski definition) is 5. The molecular weight excluding hydrogens is 354 g/mol. The molecule has 0 bridgehead atoms. The van der Waals surface area contributed by atoms with Gasteiger partial charge in [-0.15, -0.1) is 0 Å². The van der Waals surface area contributed by atoms with Gasteiger partial charge < -0.3 is 15.2 Å². The summed E-state index contributed by atoms with van der Waals surface area (Å²) >= 11 is 0.662. The minimum absolute atomic E-state index is 0.0858. The Labute approximate surface area is 155 Å². The predicted octanol–water partition coefficient (Wildman–Crippen LogP) is 3.39.